The number of halogens is 1. The minimum Gasteiger partial charge on any atom is -0.489 e. The number of methoxy groups -OCH3 is 1. The molecular weight excluding hydrogens is 506 g/mol. The van der Waals surface area contributed by atoms with E-state index in [1.807, 2.05) is 43.3 Å². The predicted octanol–water partition coefficient (Wildman–Crippen LogP) is 5.58. The lowest BCUT2D eigenvalue weighted by molar-refractivity contribution is -0.140. The molecule has 0 bridgehead atoms. The number of aryl methyl sites for hydroxylation is 2. The van der Waals surface area contributed by atoms with Crippen LogP contribution in [0.15, 0.2) is 46.7 Å². The summed E-state index contributed by atoms with van der Waals surface area (Å²) in [6.45, 7) is 5.08. The van der Waals surface area contributed by atoms with Gasteiger partial charge in [-0.3, -0.25) is 4.79 Å². The number of carbonyl (C=O) groups excluding carboxylic acids is 1. The van der Waals surface area contributed by atoms with Gasteiger partial charge >= 0.3 is 5.97 Å². The molecule has 6 nitrogen and oxygen atoms in total. The number of thiophene rings is 1. The summed E-state index contributed by atoms with van der Waals surface area (Å²) >= 11 is 7.39. The summed E-state index contributed by atoms with van der Waals surface area (Å²) in [4.78, 5) is 11.4. The third kappa shape index (κ3) is 7.67. The largest absolute Gasteiger partial charge is 0.489 e. The predicted molar refractivity (Wildman–Crippen MR) is 143 cm³/mol. The van der Waals surface area contributed by atoms with Gasteiger partial charge in [-0.25, -0.2) is 8.42 Å². The van der Waals surface area contributed by atoms with Crippen molar-refractivity contribution in [1.82, 2.24) is 5.32 Å². The van der Waals surface area contributed by atoms with Gasteiger partial charge in [-0.05, 0) is 79.6 Å². The zero-order chi connectivity index (χ0) is 25.4. The lowest BCUT2D eigenvalue weighted by Crippen LogP contribution is -2.32. The minimum absolute atomic E-state index is 0.0444. The maximum atomic E-state index is 12.9. The van der Waals surface area contributed by atoms with Gasteiger partial charge in [0.25, 0.3) is 0 Å². The number of ether oxygens (including phenoxy) is 2. The number of hydrogen-bond acceptors (Lipinski definition) is 7. The van der Waals surface area contributed by atoms with Crippen LogP contribution >= 0.6 is 22.9 Å². The fourth-order valence-electron chi connectivity index (χ4n) is 3.79. The average molecular weight is 538 g/mol. The van der Waals surface area contributed by atoms with Crippen molar-refractivity contribution in [3.8, 4) is 5.75 Å². The fourth-order valence-corrected chi connectivity index (χ4v) is 7.20. The molecule has 35 heavy (non-hydrogen) atoms. The second-order valence-corrected chi connectivity index (χ2v) is 12.2. The number of hydrogen-bond donors (Lipinski definition) is 1. The third-order valence-corrected chi connectivity index (χ3v) is 9.79. The first kappa shape index (κ1) is 27.5. The number of rotatable bonds is 13. The lowest BCUT2D eigenvalue weighted by Gasteiger charge is -2.19. The molecule has 0 aliphatic carbocycles. The van der Waals surface area contributed by atoms with Gasteiger partial charge in [-0.15, -0.1) is 11.3 Å². The molecule has 0 amide bonds. The van der Waals surface area contributed by atoms with Gasteiger partial charge in [0.05, 0.1) is 12.9 Å². The summed E-state index contributed by atoms with van der Waals surface area (Å²) in [6, 6.07) is 13.2. The highest BCUT2D eigenvalue weighted by atomic mass is 35.5. The Balaban J connectivity index is 1.47. The molecule has 0 saturated heterocycles. The quantitative estimate of drug-likeness (QED) is 0.226. The molecule has 0 aliphatic rings. The number of esters is 1. The SMILES string of the molecule is CCC(CNCCCS(=O)(=O)c1sc2ccc(Cl)cc2c1C)Oc1cccc(CCC(=O)OC)c1. The van der Waals surface area contributed by atoms with E-state index in [4.69, 9.17) is 21.1 Å². The molecule has 1 atom stereocenters. The normalized spacial score (nSPS) is 12.6. The maximum absolute atomic E-state index is 12.9. The van der Waals surface area contributed by atoms with E-state index in [0.717, 1.165) is 33.4 Å². The molecular formula is C26H32ClNO5S2. The molecule has 0 saturated carbocycles. The van der Waals surface area contributed by atoms with Crippen molar-refractivity contribution in [1.29, 1.82) is 0 Å². The minimum atomic E-state index is -3.37. The summed E-state index contributed by atoms with van der Waals surface area (Å²) in [6.07, 6.45) is 2.20. The van der Waals surface area contributed by atoms with Crippen LogP contribution in [0.3, 0.4) is 0 Å². The van der Waals surface area contributed by atoms with Crippen molar-refractivity contribution in [2.24, 2.45) is 0 Å². The Kier molecular flexibility index (Phi) is 9.98. The van der Waals surface area contributed by atoms with Crippen LogP contribution in [-0.4, -0.2) is 46.4 Å². The number of sulfone groups is 1. The van der Waals surface area contributed by atoms with Crippen molar-refractivity contribution in [2.75, 3.05) is 26.0 Å². The molecule has 0 spiro atoms. The van der Waals surface area contributed by atoms with Gasteiger partial charge in [-0.2, -0.15) is 0 Å². The van der Waals surface area contributed by atoms with E-state index in [9.17, 15) is 13.2 Å². The van der Waals surface area contributed by atoms with E-state index in [1.165, 1.54) is 18.4 Å². The molecule has 0 radical (unpaired) electrons. The first-order valence-corrected chi connectivity index (χ1v) is 14.5. The van der Waals surface area contributed by atoms with Crippen molar-refractivity contribution >= 4 is 48.8 Å². The van der Waals surface area contributed by atoms with Crippen LogP contribution in [0.1, 0.15) is 37.3 Å². The standard InChI is InChI=1S/C26H32ClNO5S2/c1-4-21(33-22-8-5-7-19(15-22)9-12-25(29)32-3)17-28-13-6-14-35(30,31)26-18(2)23-16-20(27)10-11-24(23)34-26/h5,7-8,10-11,15-16,21,28H,4,6,9,12-14,17H2,1-3H3. The van der Waals surface area contributed by atoms with Crippen LogP contribution in [0.4, 0.5) is 0 Å². The van der Waals surface area contributed by atoms with Crippen LogP contribution in [0.2, 0.25) is 5.02 Å². The number of nitrogens with one attached hydrogen (secondary N) is 1. The molecule has 3 aromatic rings. The maximum Gasteiger partial charge on any atom is 0.305 e. The summed E-state index contributed by atoms with van der Waals surface area (Å²) in [7, 11) is -1.98. The van der Waals surface area contributed by atoms with Crippen LogP contribution < -0.4 is 10.1 Å². The van der Waals surface area contributed by atoms with E-state index >= 15 is 0 Å². The molecule has 1 heterocycles. The number of carbonyl (C=O) groups is 1. The van der Waals surface area contributed by atoms with Crippen molar-refractivity contribution in [2.45, 2.75) is 49.8 Å². The highest BCUT2D eigenvalue weighted by Gasteiger charge is 2.21. The molecule has 190 valence electrons. The summed E-state index contributed by atoms with van der Waals surface area (Å²) in [5.74, 6) is 0.603. The molecule has 1 N–H and O–H groups in total. The molecule has 9 heteroatoms. The molecule has 0 fully saturated rings. The smallest absolute Gasteiger partial charge is 0.305 e. The Bertz CT molecular complexity index is 1260. The highest BCUT2D eigenvalue weighted by molar-refractivity contribution is 7.93. The Hall–Kier alpha value is -2.13. The Morgan fingerprint density at radius 1 is 1.20 bits per heavy atom. The van der Waals surface area contributed by atoms with Gasteiger partial charge in [0.2, 0.25) is 0 Å². The van der Waals surface area contributed by atoms with E-state index in [2.05, 4.69) is 12.2 Å². The molecule has 1 aromatic heterocycles. The summed E-state index contributed by atoms with van der Waals surface area (Å²) in [5.41, 5.74) is 1.79. The highest BCUT2D eigenvalue weighted by Crippen LogP contribution is 2.36. The topological polar surface area (TPSA) is 81.7 Å². The second kappa shape index (κ2) is 12.7. The second-order valence-electron chi connectivity index (χ2n) is 8.40. The zero-order valence-corrected chi connectivity index (χ0v) is 22.7. The molecule has 2 aromatic carbocycles. The van der Waals surface area contributed by atoms with Crippen LogP contribution in [-0.2, 0) is 25.8 Å². The van der Waals surface area contributed by atoms with Gasteiger partial charge < -0.3 is 14.8 Å². The molecule has 1 unspecified atom stereocenters. The van der Waals surface area contributed by atoms with Crippen molar-refractivity contribution in [3.63, 3.8) is 0 Å². The Morgan fingerprint density at radius 3 is 2.74 bits per heavy atom. The average Bonchev–Trinajstić information content (AvgIpc) is 3.18. The molecule has 0 aliphatic heterocycles. The van der Waals surface area contributed by atoms with Gasteiger partial charge in [0.15, 0.2) is 9.84 Å². The van der Waals surface area contributed by atoms with E-state index in [1.54, 1.807) is 6.07 Å². The summed E-state index contributed by atoms with van der Waals surface area (Å²) < 4.78 is 38.1. The first-order valence-electron chi connectivity index (χ1n) is 11.7. The van der Waals surface area contributed by atoms with Crippen LogP contribution in [0.25, 0.3) is 10.1 Å². The van der Waals surface area contributed by atoms with E-state index < -0.39 is 9.84 Å². The molecule has 3 rings (SSSR count). The Labute approximate surface area is 216 Å². The van der Waals surface area contributed by atoms with Gasteiger partial charge in [-0.1, -0.05) is 30.7 Å². The Morgan fingerprint density at radius 2 is 2.00 bits per heavy atom. The lowest BCUT2D eigenvalue weighted by atomic mass is 10.1. The van der Waals surface area contributed by atoms with E-state index in [0.29, 0.717) is 41.6 Å². The third-order valence-electron chi connectivity index (χ3n) is 5.78. The number of fused-ring (bicyclic) bond motifs is 1. The van der Waals surface area contributed by atoms with Gasteiger partial charge in [0, 0.05) is 22.7 Å². The fraction of sp³-hybridized carbons (Fsp3) is 0.423. The van der Waals surface area contributed by atoms with Gasteiger partial charge in [0.1, 0.15) is 16.1 Å². The first-order chi connectivity index (χ1) is 16.7. The zero-order valence-electron chi connectivity index (χ0n) is 20.3. The van der Waals surface area contributed by atoms with Crippen LogP contribution in [0.5, 0.6) is 5.75 Å². The van der Waals surface area contributed by atoms with Crippen molar-refractivity contribution < 1.29 is 22.7 Å². The van der Waals surface area contributed by atoms with E-state index in [-0.39, 0.29) is 17.8 Å². The monoisotopic (exact) mass is 537 g/mol. The van der Waals surface area contributed by atoms with Crippen molar-refractivity contribution in [3.05, 3.63) is 58.6 Å². The summed E-state index contributed by atoms with van der Waals surface area (Å²) in [5, 5.41) is 4.83. The van der Waals surface area contributed by atoms with Crippen LogP contribution in [0, 0.1) is 6.92 Å². The number of benzene rings is 2.